The number of hydrogen-bond donors (Lipinski definition) is 1. The number of aromatic nitrogens is 4. The van der Waals surface area contributed by atoms with Crippen LogP contribution in [0, 0.1) is 0 Å². The Labute approximate surface area is 201 Å². The van der Waals surface area contributed by atoms with Crippen molar-refractivity contribution in [2.45, 2.75) is 6.54 Å². The lowest BCUT2D eigenvalue weighted by atomic mass is 10.1. The molecule has 0 fully saturated rings. The lowest BCUT2D eigenvalue weighted by Crippen LogP contribution is -2.04. The Bertz CT molecular complexity index is 1680. The van der Waals surface area contributed by atoms with E-state index in [4.69, 9.17) is 4.98 Å². The van der Waals surface area contributed by atoms with E-state index in [1.165, 1.54) is 0 Å². The monoisotopic (exact) mass is 456 g/mol. The number of rotatable bonds is 5. The van der Waals surface area contributed by atoms with Crippen molar-refractivity contribution >= 4 is 33.2 Å². The molecule has 0 atom stereocenters. The molecule has 0 saturated heterocycles. The predicted molar refractivity (Wildman–Crippen MR) is 136 cm³/mol. The van der Waals surface area contributed by atoms with Gasteiger partial charge >= 0.3 is 0 Å². The van der Waals surface area contributed by atoms with Gasteiger partial charge in [0.1, 0.15) is 17.1 Å². The number of nitrogens with zero attached hydrogens (tertiary/aromatic N) is 6. The second-order valence-electron chi connectivity index (χ2n) is 8.09. The van der Waals surface area contributed by atoms with E-state index in [0.717, 1.165) is 39.0 Å². The van der Waals surface area contributed by atoms with Crippen LogP contribution in [0.15, 0.2) is 114 Å². The van der Waals surface area contributed by atoms with Crippen molar-refractivity contribution < 1.29 is 5.11 Å². The van der Waals surface area contributed by atoms with Gasteiger partial charge in [0.25, 0.3) is 0 Å². The molecule has 3 aromatic carbocycles. The zero-order chi connectivity index (χ0) is 23.6. The van der Waals surface area contributed by atoms with Crippen molar-refractivity contribution in [3.05, 3.63) is 109 Å². The molecule has 7 nitrogen and oxygen atoms in total. The van der Waals surface area contributed by atoms with Gasteiger partial charge < -0.3 is 9.67 Å². The molecule has 168 valence electrons. The Morgan fingerprint density at radius 1 is 0.771 bits per heavy atom. The van der Waals surface area contributed by atoms with Gasteiger partial charge in [-0.15, -0.1) is 5.11 Å². The van der Waals surface area contributed by atoms with E-state index in [9.17, 15) is 5.11 Å². The van der Waals surface area contributed by atoms with Crippen LogP contribution >= 0.6 is 0 Å². The molecule has 0 radical (unpaired) electrons. The molecular formula is C28H20N6O. The van der Waals surface area contributed by atoms with Crippen molar-refractivity contribution in [2.24, 2.45) is 10.2 Å². The van der Waals surface area contributed by atoms with Gasteiger partial charge in [0.05, 0.1) is 29.0 Å². The molecule has 0 bridgehead atoms. The minimum atomic E-state index is 0.0885. The number of pyridine rings is 2. The van der Waals surface area contributed by atoms with Gasteiger partial charge in [-0.3, -0.25) is 9.97 Å². The van der Waals surface area contributed by atoms with E-state index in [2.05, 4.69) is 24.8 Å². The van der Waals surface area contributed by atoms with Gasteiger partial charge in [0.15, 0.2) is 5.82 Å². The Hall–Kier alpha value is -4.91. The quantitative estimate of drug-likeness (QED) is 0.288. The smallest absolute Gasteiger partial charge is 0.160 e. The highest BCUT2D eigenvalue weighted by Gasteiger charge is 2.15. The van der Waals surface area contributed by atoms with Crippen LogP contribution in [-0.2, 0) is 6.54 Å². The van der Waals surface area contributed by atoms with Crippen molar-refractivity contribution in [3.63, 3.8) is 0 Å². The zero-order valence-electron chi connectivity index (χ0n) is 18.7. The molecule has 3 heterocycles. The van der Waals surface area contributed by atoms with Crippen LogP contribution in [-0.4, -0.2) is 24.6 Å². The van der Waals surface area contributed by atoms with Crippen molar-refractivity contribution in [1.29, 1.82) is 0 Å². The number of phenols is 1. The maximum Gasteiger partial charge on any atom is 0.160 e. The minimum Gasteiger partial charge on any atom is -0.506 e. The maximum absolute atomic E-state index is 10.4. The molecule has 0 unspecified atom stereocenters. The average molecular weight is 457 g/mol. The summed E-state index contributed by atoms with van der Waals surface area (Å²) in [5.41, 5.74) is 4.52. The van der Waals surface area contributed by atoms with Crippen LogP contribution in [0.2, 0.25) is 0 Å². The summed E-state index contributed by atoms with van der Waals surface area (Å²) in [5.74, 6) is 0.845. The Balaban J connectivity index is 1.43. The van der Waals surface area contributed by atoms with Gasteiger partial charge in [-0.05, 0) is 53.9 Å². The highest BCUT2D eigenvalue weighted by molar-refractivity contribution is 5.95. The molecule has 0 spiro atoms. The topological polar surface area (TPSA) is 88.5 Å². The first kappa shape index (κ1) is 20.7. The van der Waals surface area contributed by atoms with E-state index in [1.54, 1.807) is 18.5 Å². The first-order chi connectivity index (χ1) is 17.3. The molecular weight excluding hydrogens is 436 g/mol. The summed E-state index contributed by atoms with van der Waals surface area (Å²) < 4.78 is 2.11. The number of phenolic OH excluding ortho intramolecular Hbond substituents is 1. The number of imidazole rings is 1. The zero-order valence-corrected chi connectivity index (χ0v) is 18.7. The van der Waals surface area contributed by atoms with Crippen LogP contribution in [0.4, 0.5) is 11.4 Å². The summed E-state index contributed by atoms with van der Waals surface area (Å²) >= 11 is 0. The van der Waals surface area contributed by atoms with E-state index in [0.29, 0.717) is 17.9 Å². The summed E-state index contributed by atoms with van der Waals surface area (Å²) in [5, 5.41) is 21.0. The maximum atomic E-state index is 10.4. The van der Waals surface area contributed by atoms with Crippen LogP contribution in [0.25, 0.3) is 33.3 Å². The third kappa shape index (κ3) is 4.00. The molecule has 7 heteroatoms. The Morgan fingerprint density at radius 2 is 1.60 bits per heavy atom. The van der Waals surface area contributed by atoms with Gasteiger partial charge in [-0.2, -0.15) is 5.11 Å². The Kier molecular flexibility index (Phi) is 5.20. The van der Waals surface area contributed by atoms with Gasteiger partial charge in [-0.1, -0.05) is 42.5 Å². The SMILES string of the molecule is Oc1ccc2ccccc2c1N=Nc1ccc2c(c1)nc(-c1ccccn1)n2Cc1ccccn1. The number of fused-ring (bicyclic) bond motifs is 2. The predicted octanol–water partition coefficient (Wildman–Crippen LogP) is 6.82. The first-order valence-corrected chi connectivity index (χ1v) is 11.2. The van der Waals surface area contributed by atoms with Gasteiger partial charge in [0, 0.05) is 17.8 Å². The van der Waals surface area contributed by atoms with Crippen molar-refractivity contribution in [1.82, 2.24) is 19.5 Å². The lowest BCUT2D eigenvalue weighted by Gasteiger charge is -2.08. The third-order valence-electron chi connectivity index (χ3n) is 5.82. The minimum absolute atomic E-state index is 0.0885. The summed E-state index contributed by atoms with van der Waals surface area (Å²) in [4.78, 5) is 13.9. The number of aromatic hydroxyl groups is 1. The summed E-state index contributed by atoms with van der Waals surface area (Å²) in [6.07, 6.45) is 3.55. The lowest BCUT2D eigenvalue weighted by molar-refractivity contribution is 0.477. The van der Waals surface area contributed by atoms with E-state index < -0.39 is 0 Å². The number of benzene rings is 3. The van der Waals surface area contributed by atoms with E-state index in [1.807, 2.05) is 84.9 Å². The molecule has 0 amide bonds. The molecule has 0 aliphatic carbocycles. The van der Waals surface area contributed by atoms with Crippen LogP contribution in [0.5, 0.6) is 5.75 Å². The molecule has 3 aromatic heterocycles. The first-order valence-electron chi connectivity index (χ1n) is 11.2. The second-order valence-corrected chi connectivity index (χ2v) is 8.09. The summed E-state index contributed by atoms with van der Waals surface area (Å²) in [6.45, 7) is 0.563. The van der Waals surface area contributed by atoms with E-state index >= 15 is 0 Å². The molecule has 0 saturated carbocycles. The number of azo groups is 1. The molecule has 0 aliphatic heterocycles. The molecule has 6 aromatic rings. The molecule has 35 heavy (non-hydrogen) atoms. The third-order valence-corrected chi connectivity index (χ3v) is 5.82. The average Bonchev–Trinajstić information content (AvgIpc) is 3.26. The molecule has 1 N–H and O–H groups in total. The van der Waals surface area contributed by atoms with Crippen molar-refractivity contribution in [2.75, 3.05) is 0 Å². The van der Waals surface area contributed by atoms with Crippen LogP contribution in [0.1, 0.15) is 5.69 Å². The van der Waals surface area contributed by atoms with Gasteiger partial charge in [0.2, 0.25) is 0 Å². The van der Waals surface area contributed by atoms with Crippen LogP contribution < -0.4 is 0 Å². The van der Waals surface area contributed by atoms with Gasteiger partial charge in [-0.25, -0.2) is 4.98 Å². The Morgan fingerprint density at radius 3 is 2.43 bits per heavy atom. The normalized spacial score (nSPS) is 11.5. The highest BCUT2D eigenvalue weighted by atomic mass is 16.3. The second kappa shape index (κ2) is 8.79. The molecule has 0 aliphatic rings. The van der Waals surface area contributed by atoms with E-state index in [-0.39, 0.29) is 5.75 Å². The van der Waals surface area contributed by atoms with Crippen molar-refractivity contribution in [3.8, 4) is 17.3 Å². The standard InChI is InChI=1S/C28H20N6O/c35-26-14-11-19-7-1-2-9-22(19)27(26)33-32-20-12-13-25-24(17-20)31-28(23-10-4-6-16-30-23)34(25)18-21-8-3-5-15-29-21/h1-17,35H,18H2. The molecule has 6 rings (SSSR count). The summed E-state index contributed by atoms with van der Waals surface area (Å²) in [6, 6.07) is 28.7. The summed E-state index contributed by atoms with van der Waals surface area (Å²) in [7, 11) is 0. The largest absolute Gasteiger partial charge is 0.506 e. The van der Waals surface area contributed by atoms with Crippen LogP contribution in [0.3, 0.4) is 0 Å². The fourth-order valence-electron chi connectivity index (χ4n) is 4.14. The fourth-order valence-corrected chi connectivity index (χ4v) is 4.14. The number of hydrogen-bond acceptors (Lipinski definition) is 6. The highest BCUT2D eigenvalue weighted by Crippen LogP contribution is 2.36. The fraction of sp³-hybridized carbons (Fsp3) is 0.0357.